The fourth-order valence-electron chi connectivity index (χ4n) is 3.22. The Bertz CT molecular complexity index is 1010. The van der Waals surface area contributed by atoms with Gasteiger partial charge in [0.25, 0.3) is 5.91 Å². The summed E-state index contributed by atoms with van der Waals surface area (Å²) in [5, 5.41) is 0. The predicted octanol–water partition coefficient (Wildman–Crippen LogP) is 1.89. The number of carbonyl (C=O) groups excluding carboxylic acids is 1. The van der Waals surface area contributed by atoms with E-state index in [1.54, 1.807) is 57.7 Å². The first-order valence-corrected chi connectivity index (χ1v) is 10.8. The van der Waals surface area contributed by atoms with Gasteiger partial charge in [-0.15, -0.1) is 0 Å². The molecular formula is C20H24N2O6S. The molecule has 0 saturated carbocycles. The molecule has 8 nitrogen and oxygen atoms in total. The molecule has 0 saturated heterocycles. The van der Waals surface area contributed by atoms with E-state index >= 15 is 0 Å². The van der Waals surface area contributed by atoms with Crippen LogP contribution in [0.3, 0.4) is 0 Å². The van der Waals surface area contributed by atoms with E-state index in [2.05, 4.69) is 0 Å². The Morgan fingerprint density at radius 2 is 1.86 bits per heavy atom. The third kappa shape index (κ3) is 4.40. The maximum absolute atomic E-state index is 13.0. The van der Waals surface area contributed by atoms with Gasteiger partial charge in [-0.05, 0) is 29.8 Å². The zero-order valence-electron chi connectivity index (χ0n) is 16.8. The standard InChI is InChI=1S/C20H24N2O6S/c1-21(12-14-9-10-17(26-2)18(11-14)27-3)20(23)19-13-22(29(4,24)25)15-7-5-6-8-16(15)28-19/h5-11,19H,12-13H2,1-4H3/t19-/m1/s1. The molecule has 0 aliphatic carbocycles. The fourth-order valence-corrected chi connectivity index (χ4v) is 4.14. The lowest BCUT2D eigenvalue weighted by molar-refractivity contribution is -0.137. The Labute approximate surface area is 170 Å². The van der Waals surface area contributed by atoms with Crippen LogP contribution in [0.2, 0.25) is 0 Å². The van der Waals surface area contributed by atoms with Crippen LogP contribution >= 0.6 is 0 Å². The second-order valence-corrected chi connectivity index (χ2v) is 8.66. The molecule has 0 N–H and O–H groups in total. The number of benzene rings is 2. The minimum absolute atomic E-state index is 0.0784. The van der Waals surface area contributed by atoms with Crippen molar-refractivity contribution in [2.24, 2.45) is 0 Å². The van der Waals surface area contributed by atoms with E-state index in [1.807, 2.05) is 6.07 Å². The summed E-state index contributed by atoms with van der Waals surface area (Å²) in [6, 6.07) is 12.2. The number of sulfonamides is 1. The lowest BCUT2D eigenvalue weighted by atomic mass is 10.1. The summed E-state index contributed by atoms with van der Waals surface area (Å²) >= 11 is 0. The van der Waals surface area contributed by atoms with Crippen molar-refractivity contribution in [3.63, 3.8) is 0 Å². The molecule has 1 aliphatic heterocycles. The van der Waals surface area contributed by atoms with Gasteiger partial charge in [0.05, 0.1) is 32.7 Å². The highest BCUT2D eigenvalue weighted by molar-refractivity contribution is 7.92. The van der Waals surface area contributed by atoms with Gasteiger partial charge in [-0.1, -0.05) is 18.2 Å². The lowest BCUT2D eigenvalue weighted by Crippen LogP contribution is -2.50. The summed E-state index contributed by atoms with van der Waals surface area (Å²) in [6.45, 7) is 0.227. The topological polar surface area (TPSA) is 85.4 Å². The molecule has 0 radical (unpaired) electrons. The van der Waals surface area contributed by atoms with Gasteiger partial charge in [0.2, 0.25) is 10.0 Å². The lowest BCUT2D eigenvalue weighted by Gasteiger charge is -2.35. The van der Waals surface area contributed by atoms with Gasteiger partial charge in [0, 0.05) is 13.6 Å². The molecule has 2 aromatic rings. The summed E-state index contributed by atoms with van der Waals surface area (Å²) in [5.41, 5.74) is 1.27. The van der Waals surface area contributed by atoms with Crippen LogP contribution in [0.25, 0.3) is 0 Å². The van der Waals surface area contributed by atoms with E-state index in [1.165, 1.54) is 9.21 Å². The Morgan fingerprint density at radius 1 is 1.17 bits per heavy atom. The van der Waals surface area contributed by atoms with E-state index in [0.29, 0.717) is 29.5 Å². The largest absolute Gasteiger partial charge is 0.493 e. The van der Waals surface area contributed by atoms with Gasteiger partial charge in [0.1, 0.15) is 5.75 Å². The van der Waals surface area contributed by atoms with Crippen LogP contribution in [-0.2, 0) is 21.4 Å². The minimum atomic E-state index is -3.55. The summed E-state index contributed by atoms with van der Waals surface area (Å²) in [6.07, 6.45) is 0.175. The molecule has 0 aromatic heterocycles. The van der Waals surface area contributed by atoms with Crippen LogP contribution in [0.4, 0.5) is 5.69 Å². The first kappa shape index (κ1) is 20.8. The monoisotopic (exact) mass is 420 g/mol. The molecule has 0 spiro atoms. The number of amides is 1. The Balaban J connectivity index is 1.80. The Hall–Kier alpha value is -2.94. The molecule has 1 aliphatic rings. The number of ether oxygens (including phenoxy) is 3. The van der Waals surface area contributed by atoms with Crippen molar-refractivity contribution in [3.05, 3.63) is 48.0 Å². The van der Waals surface area contributed by atoms with Crippen molar-refractivity contribution in [2.75, 3.05) is 38.4 Å². The van der Waals surface area contributed by atoms with E-state index in [9.17, 15) is 13.2 Å². The maximum Gasteiger partial charge on any atom is 0.265 e. The van der Waals surface area contributed by atoms with E-state index < -0.39 is 16.1 Å². The zero-order valence-corrected chi connectivity index (χ0v) is 17.6. The van der Waals surface area contributed by atoms with Gasteiger partial charge in [-0.2, -0.15) is 0 Å². The van der Waals surface area contributed by atoms with Gasteiger partial charge in [0.15, 0.2) is 17.6 Å². The zero-order chi connectivity index (χ0) is 21.2. The molecule has 1 heterocycles. The fraction of sp³-hybridized carbons (Fsp3) is 0.350. The molecule has 0 fully saturated rings. The van der Waals surface area contributed by atoms with Crippen LogP contribution in [0.1, 0.15) is 5.56 Å². The molecule has 1 amide bonds. The second kappa shape index (κ2) is 8.20. The number of carbonyl (C=O) groups is 1. The molecule has 0 unspecified atom stereocenters. The van der Waals surface area contributed by atoms with Gasteiger partial charge in [-0.25, -0.2) is 8.42 Å². The highest BCUT2D eigenvalue weighted by Gasteiger charge is 2.36. The van der Waals surface area contributed by atoms with Crippen molar-refractivity contribution in [1.82, 2.24) is 4.90 Å². The van der Waals surface area contributed by atoms with E-state index in [0.717, 1.165) is 11.8 Å². The number of likely N-dealkylation sites (N-methyl/N-ethyl adjacent to an activating group) is 1. The number of anilines is 1. The van der Waals surface area contributed by atoms with Crippen molar-refractivity contribution in [2.45, 2.75) is 12.6 Å². The smallest absolute Gasteiger partial charge is 0.265 e. The van der Waals surface area contributed by atoms with Crippen molar-refractivity contribution in [1.29, 1.82) is 0 Å². The van der Waals surface area contributed by atoms with Crippen LogP contribution in [-0.4, -0.2) is 59.4 Å². The quantitative estimate of drug-likeness (QED) is 0.710. The molecule has 0 bridgehead atoms. The molecule has 156 valence electrons. The van der Waals surface area contributed by atoms with Gasteiger partial charge >= 0.3 is 0 Å². The minimum Gasteiger partial charge on any atom is -0.493 e. The first-order valence-electron chi connectivity index (χ1n) is 8.94. The highest BCUT2D eigenvalue weighted by atomic mass is 32.2. The number of rotatable bonds is 6. The number of nitrogens with zero attached hydrogens (tertiary/aromatic N) is 2. The molecule has 9 heteroatoms. The summed E-state index contributed by atoms with van der Waals surface area (Å²) in [4.78, 5) is 14.5. The van der Waals surface area contributed by atoms with Crippen molar-refractivity contribution in [3.8, 4) is 17.2 Å². The third-order valence-corrected chi connectivity index (χ3v) is 5.80. The normalized spacial score (nSPS) is 15.9. The van der Waals surface area contributed by atoms with Crippen molar-refractivity contribution >= 4 is 21.6 Å². The highest BCUT2D eigenvalue weighted by Crippen LogP contribution is 2.35. The molecule has 2 aromatic carbocycles. The molecule has 3 rings (SSSR count). The molecule has 1 atom stereocenters. The van der Waals surface area contributed by atoms with Gasteiger partial charge < -0.3 is 19.1 Å². The number of hydrogen-bond donors (Lipinski definition) is 0. The van der Waals surface area contributed by atoms with E-state index in [-0.39, 0.29) is 12.5 Å². The summed E-state index contributed by atoms with van der Waals surface area (Å²) in [7, 11) is 1.19. The number of para-hydroxylation sites is 2. The van der Waals surface area contributed by atoms with Crippen molar-refractivity contribution < 1.29 is 27.4 Å². The number of hydrogen-bond acceptors (Lipinski definition) is 6. The first-order chi connectivity index (χ1) is 13.7. The second-order valence-electron chi connectivity index (χ2n) is 6.75. The van der Waals surface area contributed by atoms with Crippen LogP contribution in [0.15, 0.2) is 42.5 Å². The Morgan fingerprint density at radius 3 is 2.52 bits per heavy atom. The van der Waals surface area contributed by atoms with E-state index in [4.69, 9.17) is 14.2 Å². The summed E-state index contributed by atoms with van der Waals surface area (Å²) < 4.78 is 42.0. The molecular weight excluding hydrogens is 396 g/mol. The SMILES string of the molecule is COc1ccc(CN(C)C(=O)[C@H]2CN(S(C)(=O)=O)c3ccccc3O2)cc1OC. The Kier molecular flexibility index (Phi) is 5.88. The maximum atomic E-state index is 13.0. The van der Waals surface area contributed by atoms with Crippen LogP contribution in [0.5, 0.6) is 17.2 Å². The summed E-state index contributed by atoms with van der Waals surface area (Å²) in [5.74, 6) is 1.21. The number of fused-ring (bicyclic) bond motifs is 1. The average Bonchev–Trinajstić information content (AvgIpc) is 2.71. The molecule has 29 heavy (non-hydrogen) atoms. The van der Waals surface area contributed by atoms with Crippen LogP contribution < -0.4 is 18.5 Å². The van der Waals surface area contributed by atoms with Crippen LogP contribution in [0, 0.1) is 0 Å². The third-order valence-electron chi connectivity index (χ3n) is 4.65. The average molecular weight is 420 g/mol. The number of methoxy groups -OCH3 is 2. The predicted molar refractivity (Wildman–Crippen MR) is 109 cm³/mol. The van der Waals surface area contributed by atoms with Gasteiger partial charge in [-0.3, -0.25) is 9.10 Å².